The first kappa shape index (κ1) is 19.1. The maximum atomic E-state index is 11.9. The van der Waals surface area contributed by atoms with E-state index < -0.39 is 0 Å². The number of hydrogen-bond acceptors (Lipinski definition) is 5. The average Bonchev–Trinajstić information content (AvgIpc) is 2.57. The minimum absolute atomic E-state index is 0.294. The molecule has 0 spiro atoms. The molecule has 2 rings (SSSR count). The topological polar surface area (TPSA) is 61.8 Å². The summed E-state index contributed by atoms with van der Waals surface area (Å²) in [4.78, 5) is 23.9. The van der Waals surface area contributed by atoms with Crippen molar-refractivity contribution in [1.82, 2.24) is 0 Å². The standard InChI is InChI=1S/C19H21ClO5/c1-4-6-17(21)24-15-11-16(23-3)19(25-18(22)7-5-2)13-9-8-12(20)10-14(13)15/h8-11H,4-7H2,1-3H3. The highest BCUT2D eigenvalue weighted by atomic mass is 35.5. The van der Waals surface area contributed by atoms with Gasteiger partial charge in [0.25, 0.3) is 0 Å². The van der Waals surface area contributed by atoms with Gasteiger partial charge in [-0.3, -0.25) is 9.59 Å². The summed E-state index contributed by atoms with van der Waals surface area (Å²) in [7, 11) is 1.46. The summed E-state index contributed by atoms with van der Waals surface area (Å²) < 4.78 is 16.3. The summed E-state index contributed by atoms with van der Waals surface area (Å²) in [5.41, 5.74) is 0. The van der Waals surface area contributed by atoms with Gasteiger partial charge in [-0.15, -0.1) is 0 Å². The molecule has 134 valence electrons. The molecule has 0 saturated heterocycles. The third-order valence-electron chi connectivity index (χ3n) is 3.55. The third-order valence-corrected chi connectivity index (χ3v) is 3.78. The lowest BCUT2D eigenvalue weighted by molar-refractivity contribution is -0.135. The van der Waals surface area contributed by atoms with Gasteiger partial charge in [-0.05, 0) is 31.0 Å². The molecule has 0 aliphatic heterocycles. The van der Waals surface area contributed by atoms with Gasteiger partial charge in [-0.1, -0.05) is 25.4 Å². The number of halogens is 1. The molecule has 0 saturated carbocycles. The number of ether oxygens (including phenoxy) is 3. The molecular weight excluding hydrogens is 344 g/mol. The van der Waals surface area contributed by atoms with Crippen molar-refractivity contribution >= 4 is 34.3 Å². The Hall–Kier alpha value is -2.27. The molecule has 0 amide bonds. The predicted molar refractivity (Wildman–Crippen MR) is 96.6 cm³/mol. The summed E-state index contributed by atoms with van der Waals surface area (Å²) in [6.45, 7) is 3.79. The van der Waals surface area contributed by atoms with Crippen LogP contribution in [0.3, 0.4) is 0 Å². The number of rotatable bonds is 7. The summed E-state index contributed by atoms with van der Waals surface area (Å²) >= 11 is 6.09. The number of fused-ring (bicyclic) bond motifs is 1. The second kappa shape index (κ2) is 8.72. The van der Waals surface area contributed by atoms with Gasteiger partial charge in [0, 0.05) is 34.7 Å². The van der Waals surface area contributed by atoms with Gasteiger partial charge in [-0.2, -0.15) is 0 Å². The Labute approximate surface area is 151 Å². The highest BCUT2D eigenvalue weighted by Gasteiger charge is 2.19. The van der Waals surface area contributed by atoms with Crippen molar-refractivity contribution in [2.75, 3.05) is 7.11 Å². The van der Waals surface area contributed by atoms with E-state index in [0.717, 1.165) is 0 Å². The van der Waals surface area contributed by atoms with Crippen LogP contribution in [-0.2, 0) is 9.59 Å². The molecule has 0 aliphatic carbocycles. The number of esters is 2. The molecule has 0 radical (unpaired) electrons. The van der Waals surface area contributed by atoms with Crippen LogP contribution in [0.2, 0.25) is 5.02 Å². The molecule has 0 N–H and O–H groups in total. The number of methoxy groups -OCH3 is 1. The molecule has 0 aliphatic rings. The summed E-state index contributed by atoms with van der Waals surface area (Å²) in [6, 6.07) is 6.60. The molecule has 5 nitrogen and oxygen atoms in total. The van der Waals surface area contributed by atoms with E-state index in [0.29, 0.717) is 58.7 Å². The van der Waals surface area contributed by atoms with Gasteiger partial charge in [0.15, 0.2) is 11.5 Å². The smallest absolute Gasteiger partial charge is 0.311 e. The van der Waals surface area contributed by atoms with E-state index in [-0.39, 0.29) is 11.9 Å². The molecule has 2 aromatic rings. The number of benzene rings is 2. The van der Waals surface area contributed by atoms with E-state index in [1.807, 2.05) is 13.8 Å². The lowest BCUT2D eigenvalue weighted by Gasteiger charge is -2.15. The zero-order valence-corrected chi connectivity index (χ0v) is 15.3. The van der Waals surface area contributed by atoms with Crippen LogP contribution in [-0.4, -0.2) is 19.0 Å². The average molecular weight is 365 g/mol. The second-order valence-electron chi connectivity index (χ2n) is 5.54. The number of hydrogen-bond donors (Lipinski definition) is 0. The van der Waals surface area contributed by atoms with E-state index in [2.05, 4.69) is 0 Å². The van der Waals surface area contributed by atoms with E-state index in [9.17, 15) is 9.59 Å². The van der Waals surface area contributed by atoms with Crippen LogP contribution >= 0.6 is 11.6 Å². The molecule has 0 heterocycles. The number of carbonyl (C=O) groups is 2. The third kappa shape index (κ3) is 4.63. The Bertz CT molecular complexity index is 785. The molecule has 2 aromatic carbocycles. The van der Waals surface area contributed by atoms with Gasteiger partial charge in [0.05, 0.1) is 7.11 Å². The quantitative estimate of drug-likeness (QED) is 0.515. The Morgan fingerprint density at radius 2 is 1.56 bits per heavy atom. The van der Waals surface area contributed by atoms with Gasteiger partial charge >= 0.3 is 11.9 Å². The van der Waals surface area contributed by atoms with Crippen molar-refractivity contribution in [2.24, 2.45) is 0 Å². The van der Waals surface area contributed by atoms with Crippen LogP contribution in [0.5, 0.6) is 17.2 Å². The maximum absolute atomic E-state index is 11.9. The van der Waals surface area contributed by atoms with Crippen LogP contribution in [0.4, 0.5) is 0 Å². The molecule has 0 atom stereocenters. The summed E-state index contributed by atoms with van der Waals surface area (Å²) in [5, 5.41) is 1.65. The van der Waals surface area contributed by atoms with E-state index >= 15 is 0 Å². The fourth-order valence-electron chi connectivity index (χ4n) is 2.40. The van der Waals surface area contributed by atoms with Crippen LogP contribution in [0.25, 0.3) is 10.8 Å². The predicted octanol–water partition coefficient (Wildman–Crippen LogP) is 4.91. The van der Waals surface area contributed by atoms with Crippen molar-refractivity contribution in [1.29, 1.82) is 0 Å². The monoisotopic (exact) mass is 364 g/mol. The van der Waals surface area contributed by atoms with Crippen molar-refractivity contribution in [3.05, 3.63) is 29.3 Å². The van der Waals surface area contributed by atoms with E-state index in [4.69, 9.17) is 25.8 Å². The first-order valence-electron chi connectivity index (χ1n) is 8.21. The Morgan fingerprint density at radius 1 is 0.920 bits per heavy atom. The first-order chi connectivity index (χ1) is 12.0. The van der Waals surface area contributed by atoms with Gasteiger partial charge in [0.1, 0.15) is 5.75 Å². The van der Waals surface area contributed by atoms with Crippen LogP contribution in [0.15, 0.2) is 24.3 Å². The second-order valence-corrected chi connectivity index (χ2v) is 5.98. The number of carbonyl (C=O) groups excluding carboxylic acids is 2. The zero-order valence-electron chi connectivity index (χ0n) is 14.6. The largest absolute Gasteiger partial charge is 0.493 e. The van der Waals surface area contributed by atoms with Crippen LogP contribution in [0, 0.1) is 0 Å². The minimum atomic E-state index is -0.354. The minimum Gasteiger partial charge on any atom is -0.493 e. The van der Waals surface area contributed by atoms with E-state index in [1.165, 1.54) is 7.11 Å². The molecule has 0 bridgehead atoms. The molecule has 6 heteroatoms. The van der Waals surface area contributed by atoms with Gasteiger partial charge in [-0.25, -0.2) is 0 Å². The fourth-order valence-corrected chi connectivity index (χ4v) is 2.57. The van der Waals surface area contributed by atoms with Crippen molar-refractivity contribution in [3.63, 3.8) is 0 Å². The Morgan fingerprint density at radius 3 is 2.16 bits per heavy atom. The summed E-state index contributed by atoms with van der Waals surface area (Å²) in [5.74, 6) is 0.235. The van der Waals surface area contributed by atoms with Crippen LogP contribution < -0.4 is 14.2 Å². The first-order valence-corrected chi connectivity index (χ1v) is 8.59. The lowest BCUT2D eigenvalue weighted by Crippen LogP contribution is -2.10. The highest BCUT2D eigenvalue weighted by molar-refractivity contribution is 6.31. The normalized spacial score (nSPS) is 10.6. The highest BCUT2D eigenvalue weighted by Crippen LogP contribution is 2.42. The SMILES string of the molecule is CCCC(=O)Oc1cc(OC)c(OC(=O)CCC)c2ccc(Cl)cc12. The van der Waals surface area contributed by atoms with Gasteiger partial charge < -0.3 is 14.2 Å². The molecular formula is C19H21ClO5. The fraction of sp³-hybridized carbons (Fsp3) is 0.368. The van der Waals surface area contributed by atoms with Crippen molar-refractivity contribution in [2.45, 2.75) is 39.5 Å². The van der Waals surface area contributed by atoms with E-state index in [1.54, 1.807) is 24.3 Å². The van der Waals surface area contributed by atoms with Crippen molar-refractivity contribution in [3.8, 4) is 17.2 Å². The summed E-state index contributed by atoms with van der Waals surface area (Å²) in [6.07, 6.45) is 1.96. The van der Waals surface area contributed by atoms with Crippen LogP contribution in [0.1, 0.15) is 39.5 Å². The van der Waals surface area contributed by atoms with Gasteiger partial charge in [0.2, 0.25) is 0 Å². The zero-order chi connectivity index (χ0) is 18.4. The Kier molecular flexibility index (Phi) is 6.65. The maximum Gasteiger partial charge on any atom is 0.311 e. The lowest BCUT2D eigenvalue weighted by atomic mass is 10.1. The molecule has 0 fully saturated rings. The molecule has 0 unspecified atom stereocenters. The Balaban J connectivity index is 2.58. The molecule has 0 aromatic heterocycles. The molecule has 25 heavy (non-hydrogen) atoms. The van der Waals surface area contributed by atoms with Crippen molar-refractivity contribution < 1.29 is 23.8 Å².